The normalized spacial score (nSPS) is 12.6. The van der Waals surface area contributed by atoms with Crippen molar-refractivity contribution < 1.29 is 0 Å². The number of hydrogen-bond donors (Lipinski definition) is 1. The number of halogens is 1. The Bertz CT molecular complexity index is 362. The summed E-state index contributed by atoms with van der Waals surface area (Å²) in [7, 11) is 2.03. The molecule has 108 valence electrons. The lowest BCUT2D eigenvalue weighted by molar-refractivity contribution is 0.498. The van der Waals surface area contributed by atoms with Gasteiger partial charge in [0.25, 0.3) is 0 Å². The summed E-state index contributed by atoms with van der Waals surface area (Å²) < 4.78 is 0. The maximum atomic E-state index is 6.41. The molecule has 1 atom stereocenters. The molecule has 2 heteroatoms. The van der Waals surface area contributed by atoms with E-state index in [4.69, 9.17) is 11.6 Å². The Balaban J connectivity index is 2.43. The molecule has 0 fully saturated rings. The van der Waals surface area contributed by atoms with E-state index >= 15 is 0 Å². The maximum absolute atomic E-state index is 6.41. The third kappa shape index (κ3) is 5.54. The average molecular weight is 282 g/mol. The second-order valence-electron chi connectivity index (χ2n) is 5.38. The zero-order valence-electron chi connectivity index (χ0n) is 12.6. The van der Waals surface area contributed by atoms with Gasteiger partial charge in [-0.15, -0.1) is 0 Å². The molecule has 1 unspecified atom stereocenters. The van der Waals surface area contributed by atoms with Crippen LogP contribution in [0.1, 0.15) is 69.0 Å². The first-order chi connectivity index (χ1) is 9.20. The maximum Gasteiger partial charge on any atom is 0.0482 e. The Labute approximate surface area is 123 Å². The molecule has 1 rings (SSSR count). The van der Waals surface area contributed by atoms with Crippen LogP contribution in [0.4, 0.5) is 0 Å². The highest BCUT2D eigenvalue weighted by Gasteiger charge is 2.13. The van der Waals surface area contributed by atoms with Gasteiger partial charge in [0.1, 0.15) is 0 Å². The fourth-order valence-electron chi connectivity index (χ4n) is 2.52. The number of hydrogen-bond acceptors (Lipinski definition) is 1. The summed E-state index contributed by atoms with van der Waals surface area (Å²) >= 11 is 6.41. The molecule has 0 aliphatic carbocycles. The number of benzene rings is 1. The Morgan fingerprint density at radius 3 is 2.47 bits per heavy atom. The summed E-state index contributed by atoms with van der Waals surface area (Å²) in [6.45, 7) is 4.33. The molecule has 0 saturated heterocycles. The lowest BCUT2D eigenvalue weighted by atomic mass is 9.98. The standard InChI is InChI=1S/C17H28ClN/c1-4-5-6-7-8-9-13-16(19-3)15-12-10-11-14(2)17(15)18/h10-12,16,19H,4-9,13H2,1-3H3. The van der Waals surface area contributed by atoms with Crippen molar-refractivity contribution >= 4 is 11.6 Å². The van der Waals surface area contributed by atoms with Gasteiger partial charge in [0, 0.05) is 11.1 Å². The van der Waals surface area contributed by atoms with Crippen molar-refractivity contribution in [2.24, 2.45) is 0 Å². The van der Waals surface area contributed by atoms with Gasteiger partial charge in [0.05, 0.1) is 0 Å². The molecule has 19 heavy (non-hydrogen) atoms. The molecule has 0 amide bonds. The van der Waals surface area contributed by atoms with Gasteiger partial charge < -0.3 is 5.32 Å². The van der Waals surface area contributed by atoms with Crippen LogP contribution in [0, 0.1) is 6.92 Å². The molecule has 1 nitrogen and oxygen atoms in total. The molecule has 0 saturated carbocycles. The van der Waals surface area contributed by atoms with Gasteiger partial charge in [-0.25, -0.2) is 0 Å². The van der Waals surface area contributed by atoms with E-state index in [9.17, 15) is 0 Å². The molecular weight excluding hydrogens is 254 g/mol. The Hall–Kier alpha value is -0.530. The van der Waals surface area contributed by atoms with Crippen molar-refractivity contribution in [3.63, 3.8) is 0 Å². The Morgan fingerprint density at radius 1 is 1.11 bits per heavy atom. The van der Waals surface area contributed by atoms with Gasteiger partial charge in [-0.05, 0) is 31.5 Å². The number of unbranched alkanes of at least 4 members (excludes halogenated alkanes) is 5. The van der Waals surface area contributed by atoms with Crippen LogP contribution in [0.25, 0.3) is 0 Å². The molecular formula is C17H28ClN. The van der Waals surface area contributed by atoms with Gasteiger partial charge >= 0.3 is 0 Å². The molecule has 0 bridgehead atoms. The van der Waals surface area contributed by atoms with E-state index in [1.807, 2.05) is 7.05 Å². The number of rotatable bonds is 9. The van der Waals surface area contributed by atoms with Crippen LogP contribution in [0.2, 0.25) is 5.02 Å². The predicted octanol–water partition coefficient (Wildman–Crippen LogP) is 5.66. The van der Waals surface area contributed by atoms with E-state index in [1.165, 1.54) is 56.1 Å². The summed E-state index contributed by atoms with van der Waals surface area (Å²) in [4.78, 5) is 0. The highest BCUT2D eigenvalue weighted by molar-refractivity contribution is 6.32. The zero-order valence-corrected chi connectivity index (χ0v) is 13.4. The predicted molar refractivity (Wildman–Crippen MR) is 86.0 cm³/mol. The summed E-state index contributed by atoms with van der Waals surface area (Å²) in [6, 6.07) is 6.71. The first kappa shape index (κ1) is 16.5. The van der Waals surface area contributed by atoms with Gasteiger partial charge in [0.2, 0.25) is 0 Å². The molecule has 0 heterocycles. The van der Waals surface area contributed by atoms with Crippen molar-refractivity contribution in [3.8, 4) is 0 Å². The topological polar surface area (TPSA) is 12.0 Å². The minimum absolute atomic E-state index is 0.388. The first-order valence-electron chi connectivity index (χ1n) is 7.63. The molecule has 1 aromatic carbocycles. The summed E-state index contributed by atoms with van der Waals surface area (Å²) in [5.74, 6) is 0. The zero-order chi connectivity index (χ0) is 14.1. The van der Waals surface area contributed by atoms with E-state index in [0.29, 0.717) is 6.04 Å². The molecule has 0 aliphatic rings. The molecule has 1 N–H and O–H groups in total. The molecule has 1 aromatic rings. The van der Waals surface area contributed by atoms with Crippen LogP contribution in [0.15, 0.2) is 18.2 Å². The fourth-order valence-corrected chi connectivity index (χ4v) is 2.78. The van der Waals surface area contributed by atoms with Gasteiger partial charge in [-0.2, -0.15) is 0 Å². The SMILES string of the molecule is CCCCCCCCC(NC)c1cccc(C)c1Cl. The third-order valence-electron chi connectivity index (χ3n) is 3.79. The minimum Gasteiger partial charge on any atom is -0.313 e. The van der Waals surface area contributed by atoms with Gasteiger partial charge in [-0.3, -0.25) is 0 Å². The van der Waals surface area contributed by atoms with Crippen molar-refractivity contribution in [1.29, 1.82) is 0 Å². The summed E-state index contributed by atoms with van der Waals surface area (Å²) in [6.07, 6.45) is 9.22. The minimum atomic E-state index is 0.388. The van der Waals surface area contributed by atoms with E-state index in [0.717, 1.165) is 5.02 Å². The first-order valence-corrected chi connectivity index (χ1v) is 8.00. The molecule has 0 radical (unpaired) electrons. The van der Waals surface area contributed by atoms with Crippen LogP contribution in [-0.4, -0.2) is 7.05 Å². The largest absolute Gasteiger partial charge is 0.313 e. The Kier molecular flexibility index (Phi) is 8.16. The Morgan fingerprint density at radius 2 is 1.79 bits per heavy atom. The average Bonchev–Trinajstić information content (AvgIpc) is 2.42. The van der Waals surface area contributed by atoms with Gasteiger partial charge in [0.15, 0.2) is 0 Å². The van der Waals surface area contributed by atoms with E-state index in [-0.39, 0.29) is 0 Å². The lowest BCUT2D eigenvalue weighted by Crippen LogP contribution is -2.17. The number of aryl methyl sites for hydroxylation is 1. The van der Waals surface area contributed by atoms with Crippen LogP contribution in [-0.2, 0) is 0 Å². The highest BCUT2D eigenvalue weighted by atomic mass is 35.5. The second kappa shape index (κ2) is 9.39. The number of nitrogens with one attached hydrogen (secondary N) is 1. The fraction of sp³-hybridized carbons (Fsp3) is 0.647. The van der Waals surface area contributed by atoms with Crippen molar-refractivity contribution in [2.75, 3.05) is 7.05 Å². The molecule has 0 aromatic heterocycles. The van der Waals surface area contributed by atoms with Crippen LogP contribution in [0.5, 0.6) is 0 Å². The van der Waals surface area contributed by atoms with Crippen molar-refractivity contribution in [2.45, 2.75) is 64.8 Å². The van der Waals surface area contributed by atoms with E-state index in [2.05, 4.69) is 37.4 Å². The van der Waals surface area contributed by atoms with Crippen LogP contribution >= 0.6 is 11.6 Å². The quantitative estimate of drug-likeness (QED) is 0.576. The van der Waals surface area contributed by atoms with Crippen LogP contribution < -0.4 is 5.32 Å². The molecule has 0 spiro atoms. The van der Waals surface area contributed by atoms with E-state index in [1.54, 1.807) is 0 Å². The second-order valence-corrected chi connectivity index (χ2v) is 5.75. The third-order valence-corrected chi connectivity index (χ3v) is 4.31. The molecule has 0 aliphatic heterocycles. The monoisotopic (exact) mass is 281 g/mol. The van der Waals surface area contributed by atoms with Gasteiger partial charge in [-0.1, -0.05) is 75.2 Å². The summed E-state index contributed by atoms with van der Waals surface area (Å²) in [5.41, 5.74) is 2.42. The van der Waals surface area contributed by atoms with Crippen molar-refractivity contribution in [3.05, 3.63) is 34.3 Å². The van der Waals surface area contributed by atoms with E-state index < -0.39 is 0 Å². The van der Waals surface area contributed by atoms with Crippen molar-refractivity contribution in [1.82, 2.24) is 5.32 Å². The van der Waals surface area contributed by atoms with Crippen LogP contribution in [0.3, 0.4) is 0 Å². The summed E-state index contributed by atoms with van der Waals surface area (Å²) in [5, 5.41) is 4.33. The lowest BCUT2D eigenvalue weighted by Gasteiger charge is -2.19. The smallest absolute Gasteiger partial charge is 0.0482 e. The highest BCUT2D eigenvalue weighted by Crippen LogP contribution is 2.29.